The van der Waals surface area contributed by atoms with Gasteiger partial charge in [0, 0.05) is 52.4 Å². The molecular weight excluding hydrogens is 290 g/mol. The van der Waals surface area contributed by atoms with Crippen molar-refractivity contribution in [2.45, 2.75) is 57.6 Å². The Bertz CT molecular complexity index is 368. The molecule has 3 saturated heterocycles. The number of hydrogen-bond acceptors (Lipinski definition) is 4. The highest BCUT2D eigenvalue weighted by molar-refractivity contribution is 5.81. The Hall–Kier alpha value is -0.650. The summed E-state index contributed by atoms with van der Waals surface area (Å²) >= 11 is 0. The van der Waals surface area contributed by atoms with E-state index in [9.17, 15) is 4.79 Å². The van der Waals surface area contributed by atoms with E-state index in [1.165, 1.54) is 38.5 Å². The van der Waals surface area contributed by atoms with Gasteiger partial charge in [-0.3, -0.25) is 14.6 Å². The Balaban J connectivity index is 1.43. The molecule has 0 aromatic carbocycles. The van der Waals surface area contributed by atoms with Crippen LogP contribution in [0.25, 0.3) is 0 Å². The first-order valence-electron chi connectivity index (χ1n) is 9.61. The molecule has 0 saturated carbocycles. The van der Waals surface area contributed by atoms with Crippen LogP contribution in [0, 0.1) is 0 Å². The summed E-state index contributed by atoms with van der Waals surface area (Å²) in [4.78, 5) is 19.8. The summed E-state index contributed by atoms with van der Waals surface area (Å²) in [5, 5.41) is 0. The summed E-state index contributed by atoms with van der Waals surface area (Å²) < 4.78 is 5.74. The highest BCUT2D eigenvalue weighted by Crippen LogP contribution is 2.17. The van der Waals surface area contributed by atoms with Crippen LogP contribution in [0.4, 0.5) is 0 Å². The van der Waals surface area contributed by atoms with E-state index in [2.05, 4.69) is 21.6 Å². The molecule has 132 valence electrons. The number of carbonyl (C=O) groups is 1. The van der Waals surface area contributed by atoms with E-state index in [1.54, 1.807) is 0 Å². The molecule has 0 bridgehead atoms. The number of ether oxygens (including phenoxy) is 1. The maximum atomic E-state index is 12.8. The van der Waals surface area contributed by atoms with Crippen molar-refractivity contribution in [1.82, 2.24) is 14.7 Å². The van der Waals surface area contributed by atoms with Gasteiger partial charge in [-0.2, -0.15) is 0 Å². The standard InChI is InChI=1S/C18H33N3O2/c1-16(18(22)21-8-4-2-3-5-9-21)20-12-10-19(11-13-20)15-17-7-6-14-23-17/h16-17H,2-15H2,1H3. The highest BCUT2D eigenvalue weighted by Gasteiger charge is 2.30. The molecule has 3 heterocycles. The molecule has 3 rings (SSSR count). The summed E-state index contributed by atoms with van der Waals surface area (Å²) in [6, 6.07) is 0.0398. The van der Waals surface area contributed by atoms with Gasteiger partial charge in [0.1, 0.15) is 0 Å². The Kier molecular flexibility index (Phi) is 6.31. The van der Waals surface area contributed by atoms with Gasteiger partial charge in [-0.05, 0) is 32.6 Å². The van der Waals surface area contributed by atoms with Crippen molar-refractivity contribution < 1.29 is 9.53 Å². The molecule has 1 amide bonds. The average molecular weight is 323 g/mol. The normalized spacial score (nSPS) is 29.4. The summed E-state index contributed by atoms with van der Waals surface area (Å²) in [6.07, 6.45) is 7.77. The predicted octanol–water partition coefficient (Wildman–Crippen LogP) is 1.57. The van der Waals surface area contributed by atoms with E-state index in [0.29, 0.717) is 12.0 Å². The van der Waals surface area contributed by atoms with Gasteiger partial charge in [-0.1, -0.05) is 12.8 Å². The van der Waals surface area contributed by atoms with Crippen molar-refractivity contribution in [2.24, 2.45) is 0 Å². The number of likely N-dealkylation sites (tertiary alicyclic amines) is 1. The second-order valence-corrected chi connectivity index (χ2v) is 7.39. The lowest BCUT2D eigenvalue weighted by Gasteiger charge is -2.39. The van der Waals surface area contributed by atoms with Crippen molar-refractivity contribution in [3.63, 3.8) is 0 Å². The van der Waals surface area contributed by atoms with Gasteiger partial charge in [0.15, 0.2) is 0 Å². The molecule has 2 atom stereocenters. The zero-order valence-electron chi connectivity index (χ0n) is 14.7. The Morgan fingerprint density at radius 2 is 1.70 bits per heavy atom. The minimum absolute atomic E-state index is 0.0398. The van der Waals surface area contributed by atoms with Gasteiger partial charge >= 0.3 is 0 Å². The summed E-state index contributed by atoms with van der Waals surface area (Å²) in [5.41, 5.74) is 0. The Morgan fingerprint density at radius 3 is 2.30 bits per heavy atom. The molecule has 0 radical (unpaired) electrons. The van der Waals surface area contributed by atoms with E-state index in [-0.39, 0.29) is 6.04 Å². The Labute approximate surface area is 140 Å². The van der Waals surface area contributed by atoms with Crippen molar-refractivity contribution in [3.05, 3.63) is 0 Å². The first kappa shape index (κ1) is 17.2. The number of rotatable bonds is 4. The van der Waals surface area contributed by atoms with Crippen molar-refractivity contribution in [3.8, 4) is 0 Å². The monoisotopic (exact) mass is 323 g/mol. The topological polar surface area (TPSA) is 36.0 Å². The molecule has 3 aliphatic rings. The average Bonchev–Trinajstić information content (AvgIpc) is 2.94. The molecule has 5 nitrogen and oxygen atoms in total. The number of nitrogens with zero attached hydrogens (tertiary/aromatic N) is 3. The number of amides is 1. The van der Waals surface area contributed by atoms with Gasteiger partial charge < -0.3 is 9.64 Å². The molecule has 3 aliphatic heterocycles. The number of hydrogen-bond donors (Lipinski definition) is 0. The number of carbonyl (C=O) groups excluding carboxylic acids is 1. The fourth-order valence-electron chi connectivity index (χ4n) is 4.12. The van der Waals surface area contributed by atoms with Gasteiger partial charge in [0.25, 0.3) is 0 Å². The third kappa shape index (κ3) is 4.68. The van der Waals surface area contributed by atoms with Crippen molar-refractivity contribution in [1.29, 1.82) is 0 Å². The minimum atomic E-state index is 0.0398. The molecule has 0 aromatic rings. The van der Waals surface area contributed by atoms with Crippen LogP contribution in [0.5, 0.6) is 0 Å². The van der Waals surface area contributed by atoms with Crippen LogP contribution >= 0.6 is 0 Å². The SMILES string of the molecule is CC(C(=O)N1CCCCCC1)N1CCN(CC2CCCO2)CC1. The van der Waals surface area contributed by atoms with Gasteiger partial charge in [0.2, 0.25) is 5.91 Å². The molecule has 3 fully saturated rings. The highest BCUT2D eigenvalue weighted by atomic mass is 16.5. The fraction of sp³-hybridized carbons (Fsp3) is 0.944. The zero-order chi connectivity index (χ0) is 16.1. The molecule has 0 spiro atoms. The van der Waals surface area contributed by atoms with E-state index < -0.39 is 0 Å². The van der Waals surface area contributed by atoms with Crippen LogP contribution in [0.1, 0.15) is 45.4 Å². The van der Waals surface area contributed by atoms with Gasteiger partial charge in [0.05, 0.1) is 12.1 Å². The summed E-state index contributed by atoms with van der Waals surface area (Å²) in [5.74, 6) is 0.347. The minimum Gasteiger partial charge on any atom is -0.377 e. The summed E-state index contributed by atoms with van der Waals surface area (Å²) in [7, 11) is 0. The largest absolute Gasteiger partial charge is 0.377 e. The van der Waals surface area contributed by atoms with E-state index in [4.69, 9.17) is 4.74 Å². The molecule has 0 aliphatic carbocycles. The van der Waals surface area contributed by atoms with Crippen molar-refractivity contribution in [2.75, 3.05) is 52.4 Å². The van der Waals surface area contributed by atoms with Crippen LogP contribution in [0.3, 0.4) is 0 Å². The van der Waals surface area contributed by atoms with Crippen LogP contribution in [-0.4, -0.2) is 85.2 Å². The first-order chi connectivity index (χ1) is 11.2. The van der Waals surface area contributed by atoms with Crippen LogP contribution in [0.2, 0.25) is 0 Å². The predicted molar refractivity (Wildman–Crippen MR) is 91.5 cm³/mol. The Morgan fingerprint density at radius 1 is 1.00 bits per heavy atom. The van der Waals surface area contributed by atoms with E-state index in [1.807, 2.05) is 0 Å². The molecule has 2 unspecified atom stereocenters. The molecule has 5 heteroatoms. The van der Waals surface area contributed by atoms with Crippen LogP contribution in [0.15, 0.2) is 0 Å². The third-order valence-corrected chi connectivity index (χ3v) is 5.72. The summed E-state index contributed by atoms with van der Waals surface area (Å²) in [6.45, 7) is 10.2. The molecular formula is C18H33N3O2. The lowest BCUT2D eigenvalue weighted by Crippen LogP contribution is -2.55. The first-order valence-corrected chi connectivity index (χ1v) is 9.61. The third-order valence-electron chi connectivity index (χ3n) is 5.72. The van der Waals surface area contributed by atoms with Gasteiger partial charge in [-0.15, -0.1) is 0 Å². The second kappa shape index (κ2) is 8.45. The molecule has 0 N–H and O–H groups in total. The van der Waals surface area contributed by atoms with Gasteiger partial charge in [-0.25, -0.2) is 0 Å². The second-order valence-electron chi connectivity index (χ2n) is 7.39. The zero-order valence-corrected chi connectivity index (χ0v) is 14.7. The lowest BCUT2D eigenvalue weighted by molar-refractivity contribution is -0.137. The van der Waals surface area contributed by atoms with Crippen LogP contribution < -0.4 is 0 Å². The molecule has 23 heavy (non-hydrogen) atoms. The lowest BCUT2D eigenvalue weighted by atomic mass is 10.1. The molecule has 0 aromatic heterocycles. The maximum absolute atomic E-state index is 12.8. The fourth-order valence-corrected chi connectivity index (χ4v) is 4.12. The van der Waals surface area contributed by atoms with Crippen molar-refractivity contribution >= 4 is 5.91 Å². The number of piperazine rings is 1. The quantitative estimate of drug-likeness (QED) is 0.787. The smallest absolute Gasteiger partial charge is 0.239 e. The van der Waals surface area contributed by atoms with E-state index >= 15 is 0 Å². The maximum Gasteiger partial charge on any atom is 0.239 e. The van der Waals surface area contributed by atoms with Crippen LogP contribution in [-0.2, 0) is 9.53 Å². The van der Waals surface area contributed by atoms with E-state index in [0.717, 1.165) is 52.4 Å².